The van der Waals surface area contributed by atoms with Crippen LogP contribution in [-0.4, -0.2) is 56.1 Å². The normalized spacial score (nSPS) is 12.5. The molecule has 16 heteroatoms. The quantitative estimate of drug-likeness (QED) is 0.190. The van der Waals surface area contributed by atoms with Gasteiger partial charge in [0.25, 0.3) is 5.95 Å². The lowest BCUT2D eigenvalue weighted by atomic mass is 10.4. The molecule has 3 rings (SSSR count). The van der Waals surface area contributed by atoms with Crippen molar-refractivity contribution in [3.63, 3.8) is 0 Å². The number of benzene rings is 2. The Morgan fingerprint density at radius 3 is 2.00 bits per heavy atom. The number of halogens is 2. The van der Waals surface area contributed by atoms with Gasteiger partial charge in [-0.2, -0.15) is 31.5 Å². The standard InChI is InChI=1S/C19H18Cl2N6O6S2/c1-12-22-17(25-19(23-12)32-2)24-18(26-34(28,29)15-10-6-4-8-13(15)20)27(33-3)35(30,31)16-11-7-5-9-14(16)21/h4-11H,1-3H3,(H,22,23,24,25,26)/p+1. The maximum atomic E-state index is 13.4. The second-order valence-corrected chi connectivity index (χ2v) is 10.7. The summed E-state index contributed by atoms with van der Waals surface area (Å²) in [5.74, 6) is -0.756. The monoisotopic (exact) mass is 561 g/mol. The Hall–Kier alpha value is -3.20. The minimum absolute atomic E-state index is 0.102. The van der Waals surface area contributed by atoms with Crippen LogP contribution in [0.2, 0.25) is 10.0 Å². The van der Waals surface area contributed by atoms with Gasteiger partial charge >= 0.3 is 32.0 Å². The molecule has 0 fully saturated rings. The number of hydrogen-bond donors (Lipinski definition) is 2. The van der Waals surface area contributed by atoms with Gasteiger partial charge in [0.05, 0.1) is 17.2 Å². The van der Waals surface area contributed by atoms with Gasteiger partial charge in [0, 0.05) is 4.14 Å². The first-order chi connectivity index (χ1) is 16.5. The highest BCUT2D eigenvalue weighted by Crippen LogP contribution is 2.24. The third-order valence-electron chi connectivity index (χ3n) is 4.18. The lowest BCUT2D eigenvalue weighted by Gasteiger charge is -2.13. The van der Waals surface area contributed by atoms with Crippen molar-refractivity contribution in [2.45, 2.75) is 16.7 Å². The minimum atomic E-state index is -4.57. The predicted octanol–water partition coefficient (Wildman–Crippen LogP) is 2.20. The van der Waals surface area contributed by atoms with Gasteiger partial charge in [0.2, 0.25) is 0 Å². The molecule has 0 radical (unpaired) electrons. The second-order valence-electron chi connectivity index (χ2n) is 6.55. The van der Waals surface area contributed by atoms with Crippen LogP contribution in [0.5, 0.6) is 6.01 Å². The molecule has 0 atom stereocenters. The number of sulfonamides is 2. The van der Waals surface area contributed by atoms with Crippen molar-refractivity contribution in [2.24, 2.45) is 0 Å². The molecular formula is C19H19Cl2N6O6S2+. The molecule has 0 spiro atoms. The van der Waals surface area contributed by atoms with Crippen LogP contribution in [0.25, 0.3) is 0 Å². The molecule has 0 saturated carbocycles. The molecule has 2 aromatic carbocycles. The van der Waals surface area contributed by atoms with Crippen LogP contribution in [0.3, 0.4) is 0 Å². The van der Waals surface area contributed by atoms with Crippen LogP contribution in [0.1, 0.15) is 5.82 Å². The molecule has 1 aromatic heterocycles. The van der Waals surface area contributed by atoms with E-state index in [9.17, 15) is 16.8 Å². The summed E-state index contributed by atoms with van der Waals surface area (Å²) >= 11 is 12.1. The number of aromatic nitrogens is 3. The molecule has 0 aliphatic heterocycles. The number of nitrogens with one attached hydrogen (secondary N) is 2. The third-order valence-corrected chi connectivity index (χ3v) is 8.14. The molecule has 0 aliphatic carbocycles. The Morgan fingerprint density at radius 1 is 0.886 bits per heavy atom. The maximum Gasteiger partial charge on any atom is 0.421 e. The van der Waals surface area contributed by atoms with Crippen LogP contribution in [-0.2, 0) is 24.9 Å². The first kappa shape index (κ1) is 26.4. The Morgan fingerprint density at radius 2 is 1.46 bits per heavy atom. The molecule has 12 nitrogen and oxygen atoms in total. The Labute approximate surface area is 211 Å². The van der Waals surface area contributed by atoms with Gasteiger partial charge in [0.1, 0.15) is 22.7 Å². The number of methoxy groups -OCH3 is 1. The highest BCUT2D eigenvalue weighted by Gasteiger charge is 2.36. The summed E-state index contributed by atoms with van der Waals surface area (Å²) in [6.45, 7) is 1.53. The number of guanidine groups is 1. The van der Waals surface area contributed by atoms with Gasteiger partial charge < -0.3 is 9.57 Å². The van der Waals surface area contributed by atoms with Crippen molar-refractivity contribution in [3.8, 4) is 6.01 Å². The van der Waals surface area contributed by atoms with Crippen molar-refractivity contribution in [1.82, 2.24) is 19.7 Å². The summed E-state index contributed by atoms with van der Waals surface area (Å²) in [6.07, 6.45) is 0. The highest BCUT2D eigenvalue weighted by atomic mass is 35.5. The molecule has 186 valence electrons. The summed E-state index contributed by atoms with van der Waals surface area (Å²) in [5.41, 5.74) is 0. The molecule has 0 saturated heterocycles. The summed E-state index contributed by atoms with van der Waals surface area (Å²) in [6, 6.07) is 11.0. The topological polar surface area (TPSA) is 152 Å². The van der Waals surface area contributed by atoms with Crippen LogP contribution < -0.4 is 14.8 Å². The summed E-state index contributed by atoms with van der Waals surface area (Å²) < 4.78 is 60.6. The van der Waals surface area contributed by atoms with Gasteiger partial charge in [-0.3, -0.25) is 0 Å². The van der Waals surface area contributed by atoms with E-state index in [1.54, 1.807) is 0 Å². The third kappa shape index (κ3) is 5.90. The zero-order valence-electron chi connectivity index (χ0n) is 18.4. The fraction of sp³-hybridized carbons (Fsp3) is 0.158. The SMILES string of the molecule is COc1nc(C)nc(NC(NS(=O)(=O)c2ccccc2Cl)=[N+](OC)S(=O)(=O)c2ccccc2Cl)n1. The van der Waals surface area contributed by atoms with E-state index in [4.69, 9.17) is 32.8 Å². The number of nitrogens with zero attached hydrogens (tertiary/aromatic N) is 4. The number of hydrogen-bond acceptors (Lipinski definition) is 9. The summed E-state index contributed by atoms with van der Waals surface area (Å²) in [7, 11) is -6.70. The molecule has 0 unspecified atom stereocenters. The summed E-state index contributed by atoms with van der Waals surface area (Å²) in [4.78, 5) is 16.3. The predicted molar refractivity (Wildman–Crippen MR) is 127 cm³/mol. The molecule has 35 heavy (non-hydrogen) atoms. The minimum Gasteiger partial charge on any atom is -0.467 e. The number of rotatable bonds is 7. The van der Waals surface area contributed by atoms with Crippen LogP contribution in [0, 0.1) is 6.92 Å². The van der Waals surface area contributed by atoms with E-state index in [1.807, 2.05) is 0 Å². The molecular weight excluding hydrogens is 543 g/mol. The van der Waals surface area contributed by atoms with E-state index in [-0.39, 0.29) is 41.8 Å². The van der Waals surface area contributed by atoms with Gasteiger partial charge in [-0.15, -0.1) is 4.98 Å². The lowest BCUT2D eigenvalue weighted by Crippen LogP contribution is -2.45. The van der Waals surface area contributed by atoms with Crippen LogP contribution in [0.15, 0.2) is 58.3 Å². The van der Waals surface area contributed by atoms with Gasteiger partial charge in [-0.1, -0.05) is 47.5 Å². The zero-order chi connectivity index (χ0) is 25.8. The molecule has 3 aromatic rings. The molecule has 1 heterocycles. The van der Waals surface area contributed by atoms with Crippen molar-refractivity contribution >= 4 is 55.2 Å². The second kappa shape index (κ2) is 10.6. The first-order valence-corrected chi connectivity index (χ1v) is 13.2. The fourth-order valence-corrected chi connectivity index (χ4v) is 6.00. The Balaban J connectivity index is 2.24. The largest absolute Gasteiger partial charge is 0.467 e. The molecule has 2 N–H and O–H groups in total. The summed E-state index contributed by atoms with van der Waals surface area (Å²) in [5, 5.41) is 2.28. The Bertz CT molecular complexity index is 1500. The lowest BCUT2D eigenvalue weighted by molar-refractivity contribution is -0.667. The number of aryl methyl sites for hydroxylation is 1. The first-order valence-electron chi connectivity index (χ1n) is 9.51. The average molecular weight is 562 g/mol. The highest BCUT2D eigenvalue weighted by molar-refractivity contribution is 7.90. The van der Waals surface area contributed by atoms with Gasteiger partial charge in [-0.25, -0.2) is 5.32 Å². The van der Waals surface area contributed by atoms with Crippen molar-refractivity contribution in [2.75, 3.05) is 19.5 Å². The Kier molecular flexibility index (Phi) is 8.00. The van der Waals surface area contributed by atoms with Crippen molar-refractivity contribution < 1.29 is 30.6 Å². The van der Waals surface area contributed by atoms with E-state index in [0.717, 1.165) is 7.11 Å². The van der Waals surface area contributed by atoms with E-state index < -0.39 is 26.0 Å². The zero-order valence-corrected chi connectivity index (χ0v) is 21.6. The van der Waals surface area contributed by atoms with E-state index in [1.165, 1.54) is 62.6 Å². The van der Waals surface area contributed by atoms with Crippen LogP contribution in [0.4, 0.5) is 5.95 Å². The fourth-order valence-electron chi connectivity index (χ4n) is 2.72. The van der Waals surface area contributed by atoms with Gasteiger partial charge in [0.15, 0.2) is 0 Å². The van der Waals surface area contributed by atoms with E-state index in [0.29, 0.717) is 0 Å². The van der Waals surface area contributed by atoms with Crippen molar-refractivity contribution in [1.29, 1.82) is 0 Å². The average Bonchev–Trinajstić information content (AvgIpc) is 2.79. The number of ether oxygens (including phenoxy) is 1. The van der Waals surface area contributed by atoms with Crippen molar-refractivity contribution in [3.05, 3.63) is 64.4 Å². The number of anilines is 1. The molecule has 0 bridgehead atoms. The smallest absolute Gasteiger partial charge is 0.421 e. The molecule has 0 aliphatic rings. The van der Waals surface area contributed by atoms with Gasteiger partial charge in [-0.05, 0) is 31.2 Å². The van der Waals surface area contributed by atoms with E-state index in [2.05, 4.69) is 25.0 Å². The van der Waals surface area contributed by atoms with Crippen LogP contribution >= 0.6 is 23.2 Å². The molecule has 0 amide bonds. The van der Waals surface area contributed by atoms with E-state index >= 15 is 0 Å². The maximum absolute atomic E-state index is 13.4.